The van der Waals surface area contributed by atoms with E-state index in [-0.39, 0.29) is 11.2 Å². The molecule has 0 aromatic carbocycles. The molecule has 10 heteroatoms. The van der Waals surface area contributed by atoms with E-state index in [2.05, 4.69) is 19.9 Å². The van der Waals surface area contributed by atoms with Crippen molar-refractivity contribution in [3.05, 3.63) is 24.8 Å². The normalized spacial score (nSPS) is 19.2. The Kier molecular flexibility index (Phi) is 4.77. The van der Waals surface area contributed by atoms with Crippen LogP contribution in [0.2, 0.25) is 0 Å². The van der Waals surface area contributed by atoms with Gasteiger partial charge in [0.2, 0.25) is 11.0 Å². The minimum Gasteiger partial charge on any atom is -0.481 e. The predicted octanol–water partition coefficient (Wildman–Crippen LogP) is 1.04. The molecule has 3 heterocycles. The van der Waals surface area contributed by atoms with Crippen molar-refractivity contribution >= 4 is 15.8 Å². The van der Waals surface area contributed by atoms with E-state index in [9.17, 15) is 8.42 Å². The SMILES string of the molecule is COc1cc(N(C2CC2)C2CCN(S(=O)(=O)c3nccn3C)CC2)ncn1. The van der Waals surface area contributed by atoms with Gasteiger partial charge in [0, 0.05) is 50.7 Å². The Hall–Kier alpha value is -2.20. The first-order valence-corrected chi connectivity index (χ1v) is 10.6. The van der Waals surface area contributed by atoms with Crippen LogP contribution in [0.1, 0.15) is 25.7 Å². The zero-order chi connectivity index (χ0) is 19.0. The zero-order valence-corrected chi connectivity index (χ0v) is 16.3. The lowest BCUT2D eigenvalue weighted by atomic mass is 10.0. The Bertz CT molecular complexity index is 903. The van der Waals surface area contributed by atoms with Gasteiger partial charge in [-0.1, -0.05) is 0 Å². The topological polar surface area (TPSA) is 93.5 Å². The minimum atomic E-state index is -3.56. The van der Waals surface area contributed by atoms with E-state index in [1.165, 1.54) is 16.8 Å². The molecule has 0 amide bonds. The molecule has 0 atom stereocenters. The van der Waals surface area contributed by atoms with Crippen LogP contribution in [0.5, 0.6) is 5.88 Å². The summed E-state index contributed by atoms with van der Waals surface area (Å²) >= 11 is 0. The molecule has 0 unspecified atom stereocenters. The third-order valence-corrected chi connectivity index (χ3v) is 7.11. The molecule has 9 nitrogen and oxygen atoms in total. The summed E-state index contributed by atoms with van der Waals surface area (Å²) in [6.45, 7) is 0.955. The molecular weight excluding hydrogens is 368 g/mol. The van der Waals surface area contributed by atoms with E-state index in [0.717, 1.165) is 31.5 Å². The molecule has 4 rings (SSSR count). The molecule has 0 N–H and O–H groups in total. The number of hydrogen-bond donors (Lipinski definition) is 0. The van der Waals surface area contributed by atoms with Crippen LogP contribution in [-0.4, -0.2) is 64.5 Å². The summed E-state index contributed by atoms with van der Waals surface area (Å²) in [7, 11) is -0.267. The third-order valence-electron chi connectivity index (χ3n) is 5.21. The summed E-state index contributed by atoms with van der Waals surface area (Å²) in [6.07, 6.45) is 8.47. The summed E-state index contributed by atoms with van der Waals surface area (Å²) in [5.41, 5.74) is 0. The number of hydrogen-bond acceptors (Lipinski definition) is 7. The van der Waals surface area contributed by atoms with Gasteiger partial charge < -0.3 is 14.2 Å². The third kappa shape index (κ3) is 3.51. The van der Waals surface area contributed by atoms with Gasteiger partial charge in [-0.15, -0.1) is 0 Å². The van der Waals surface area contributed by atoms with Crippen molar-refractivity contribution in [2.45, 2.75) is 42.9 Å². The van der Waals surface area contributed by atoms with Gasteiger partial charge in [0.25, 0.3) is 10.0 Å². The molecule has 2 fully saturated rings. The number of rotatable bonds is 6. The second-order valence-electron chi connectivity index (χ2n) is 7.01. The number of nitrogens with zero attached hydrogens (tertiary/aromatic N) is 6. The molecule has 146 valence electrons. The summed E-state index contributed by atoms with van der Waals surface area (Å²) in [5, 5.41) is 0.0977. The Labute approximate surface area is 159 Å². The van der Waals surface area contributed by atoms with Crippen molar-refractivity contribution in [1.29, 1.82) is 0 Å². The van der Waals surface area contributed by atoms with Crippen molar-refractivity contribution in [3.63, 3.8) is 0 Å². The maximum absolute atomic E-state index is 12.8. The molecule has 2 aliphatic rings. The summed E-state index contributed by atoms with van der Waals surface area (Å²) < 4.78 is 34.0. The van der Waals surface area contributed by atoms with Gasteiger partial charge in [-0.3, -0.25) is 0 Å². The monoisotopic (exact) mass is 392 g/mol. The lowest BCUT2D eigenvalue weighted by Crippen LogP contribution is -2.48. The maximum atomic E-state index is 12.8. The van der Waals surface area contributed by atoms with Gasteiger partial charge in [-0.2, -0.15) is 4.31 Å². The van der Waals surface area contributed by atoms with Gasteiger partial charge in [-0.25, -0.2) is 23.4 Å². The Morgan fingerprint density at radius 3 is 2.41 bits per heavy atom. The van der Waals surface area contributed by atoms with Crippen LogP contribution in [0.4, 0.5) is 5.82 Å². The molecular formula is C17H24N6O3S. The molecule has 27 heavy (non-hydrogen) atoms. The van der Waals surface area contributed by atoms with Crippen LogP contribution in [-0.2, 0) is 17.1 Å². The van der Waals surface area contributed by atoms with Crippen LogP contribution in [0.3, 0.4) is 0 Å². The van der Waals surface area contributed by atoms with E-state index in [0.29, 0.717) is 25.0 Å². The fraction of sp³-hybridized carbons (Fsp3) is 0.588. The van der Waals surface area contributed by atoms with E-state index in [1.807, 2.05) is 6.07 Å². The van der Waals surface area contributed by atoms with E-state index < -0.39 is 10.0 Å². The maximum Gasteiger partial charge on any atom is 0.277 e. The van der Waals surface area contributed by atoms with Crippen LogP contribution in [0.15, 0.2) is 29.9 Å². The number of ether oxygens (including phenoxy) is 1. The van der Waals surface area contributed by atoms with Crippen LogP contribution >= 0.6 is 0 Å². The van der Waals surface area contributed by atoms with Crippen molar-refractivity contribution < 1.29 is 13.2 Å². The summed E-state index contributed by atoms with van der Waals surface area (Å²) in [5.74, 6) is 1.40. The van der Waals surface area contributed by atoms with Crippen LogP contribution < -0.4 is 9.64 Å². The summed E-state index contributed by atoms with van der Waals surface area (Å²) in [6, 6.07) is 2.58. The van der Waals surface area contributed by atoms with E-state index in [4.69, 9.17) is 4.74 Å². The largest absolute Gasteiger partial charge is 0.481 e. The first-order chi connectivity index (χ1) is 13.0. The summed E-state index contributed by atoms with van der Waals surface area (Å²) in [4.78, 5) is 14.9. The van der Waals surface area contributed by atoms with Gasteiger partial charge >= 0.3 is 0 Å². The molecule has 1 aliphatic carbocycles. The zero-order valence-electron chi connectivity index (χ0n) is 15.5. The molecule has 2 aromatic heterocycles. The molecule has 1 aliphatic heterocycles. The highest BCUT2D eigenvalue weighted by Gasteiger charge is 2.39. The second kappa shape index (κ2) is 7.08. The van der Waals surface area contributed by atoms with Crippen molar-refractivity contribution in [1.82, 2.24) is 23.8 Å². The number of piperidine rings is 1. The lowest BCUT2D eigenvalue weighted by molar-refractivity contribution is 0.305. The lowest BCUT2D eigenvalue weighted by Gasteiger charge is -2.38. The molecule has 1 saturated carbocycles. The predicted molar refractivity (Wildman–Crippen MR) is 99.1 cm³/mol. The quantitative estimate of drug-likeness (QED) is 0.725. The number of anilines is 1. The molecule has 2 aromatic rings. The molecule has 1 saturated heterocycles. The van der Waals surface area contributed by atoms with Crippen molar-refractivity contribution in [2.75, 3.05) is 25.1 Å². The number of aryl methyl sites for hydroxylation is 1. The minimum absolute atomic E-state index is 0.0977. The Morgan fingerprint density at radius 2 is 1.81 bits per heavy atom. The van der Waals surface area contributed by atoms with Gasteiger partial charge in [0.05, 0.1) is 7.11 Å². The van der Waals surface area contributed by atoms with Gasteiger partial charge in [-0.05, 0) is 25.7 Å². The number of imidazole rings is 1. The fourth-order valence-corrected chi connectivity index (χ4v) is 5.23. The van der Waals surface area contributed by atoms with Crippen LogP contribution in [0, 0.1) is 0 Å². The van der Waals surface area contributed by atoms with E-state index >= 15 is 0 Å². The van der Waals surface area contributed by atoms with Crippen LogP contribution in [0.25, 0.3) is 0 Å². The van der Waals surface area contributed by atoms with Gasteiger partial charge in [0.1, 0.15) is 12.1 Å². The smallest absolute Gasteiger partial charge is 0.277 e. The van der Waals surface area contributed by atoms with Crippen molar-refractivity contribution in [3.8, 4) is 5.88 Å². The van der Waals surface area contributed by atoms with Crippen molar-refractivity contribution in [2.24, 2.45) is 7.05 Å². The Balaban J connectivity index is 1.50. The fourth-order valence-electron chi connectivity index (χ4n) is 3.68. The number of methoxy groups -OCH3 is 1. The highest BCUT2D eigenvalue weighted by molar-refractivity contribution is 7.89. The highest BCUT2D eigenvalue weighted by Crippen LogP contribution is 2.36. The highest BCUT2D eigenvalue weighted by atomic mass is 32.2. The first kappa shape index (κ1) is 18.2. The Morgan fingerprint density at radius 1 is 1.11 bits per heavy atom. The second-order valence-corrected chi connectivity index (χ2v) is 8.84. The average molecular weight is 392 g/mol. The standard InChI is InChI=1S/C17H24N6O3S/c1-21-10-7-18-17(21)27(24,25)22-8-5-14(6-9-22)23(13-3-4-13)15-11-16(26-2)20-12-19-15/h7,10-14H,3-6,8-9H2,1-2H3. The van der Waals surface area contributed by atoms with Gasteiger partial charge in [0.15, 0.2) is 0 Å². The molecule has 0 spiro atoms. The number of aromatic nitrogens is 4. The average Bonchev–Trinajstić information content (AvgIpc) is 3.41. The van der Waals surface area contributed by atoms with E-state index in [1.54, 1.807) is 24.9 Å². The molecule has 0 radical (unpaired) electrons. The molecule has 0 bridgehead atoms. The first-order valence-electron chi connectivity index (χ1n) is 9.12. The number of sulfonamides is 1.